The van der Waals surface area contributed by atoms with Gasteiger partial charge in [-0.25, -0.2) is 9.78 Å². The van der Waals surface area contributed by atoms with Gasteiger partial charge in [0.25, 0.3) is 5.56 Å². The smallest absolute Gasteiger partial charge is 0.332 e. The molecule has 1 aromatic carbocycles. The lowest BCUT2D eigenvalue weighted by atomic mass is 10.2. The van der Waals surface area contributed by atoms with Crippen molar-refractivity contribution < 1.29 is 9.21 Å². The number of pyridine rings is 1. The Hall–Kier alpha value is -3.65. The Kier molecular flexibility index (Phi) is 5.49. The minimum Gasteiger partial charge on any atom is -0.467 e. The fraction of sp³-hybridized carbons (Fsp3) is 0.143. The third-order valence-electron chi connectivity index (χ3n) is 4.58. The lowest BCUT2D eigenvalue weighted by Gasteiger charge is -2.13. The molecule has 0 spiro atoms. The summed E-state index contributed by atoms with van der Waals surface area (Å²) in [6.07, 6.45) is 2.99. The van der Waals surface area contributed by atoms with E-state index in [1.165, 1.54) is 17.0 Å². The van der Waals surface area contributed by atoms with Crippen LogP contribution in [-0.2, 0) is 24.4 Å². The molecule has 30 heavy (non-hydrogen) atoms. The third kappa shape index (κ3) is 4.04. The van der Waals surface area contributed by atoms with Gasteiger partial charge in [-0.15, -0.1) is 0 Å². The Balaban J connectivity index is 1.70. The molecule has 0 aliphatic carbocycles. The monoisotopic (exact) mass is 424 g/mol. The molecular formula is C21H17ClN4O4. The number of carbonyl (C=O) groups excluding carboxylic acids is 1. The first-order valence-corrected chi connectivity index (χ1v) is 9.52. The molecule has 152 valence electrons. The molecule has 0 atom stereocenters. The Labute approximate surface area is 175 Å². The first-order chi connectivity index (χ1) is 14.5. The zero-order chi connectivity index (χ0) is 21.1. The maximum Gasteiger partial charge on any atom is 0.332 e. The fourth-order valence-corrected chi connectivity index (χ4v) is 3.23. The largest absolute Gasteiger partial charge is 0.467 e. The van der Waals surface area contributed by atoms with Crippen LogP contribution in [0.1, 0.15) is 11.3 Å². The van der Waals surface area contributed by atoms with Crippen LogP contribution in [0.3, 0.4) is 0 Å². The summed E-state index contributed by atoms with van der Waals surface area (Å²) in [5.74, 6) is 0.199. The molecule has 4 aromatic rings. The zero-order valence-electron chi connectivity index (χ0n) is 15.7. The van der Waals surface area contributed by atoms with Gasteiger partial charge >= 0.3 is 5.69 Å². The number of nitrogens with one attached hydrogen (secondary N) is 1. The Morgan fingerprint density at radius 1 is 1.07 bits per heavy atom. The average Bonchev–Trinajstić information content (AvgIpc) is 3.28. The van der Waals surface area contributed by atoms with Crippen molar-refractivity contribution in [2.75, 3.05) is 0 Å². The second-order valence-electron chi connectivity index (χ2n) is 6.61. The van der Waals surface area contributed by atoms with E-state index in [1.54, 1.807) is 48.5 Å². The molecule has 1 amide bonds. The highest BCUT2D eigenvalue weighted by molar-refractivity contribution is 6.30. The number of furan rings is 1. The van der Waals surface area contributed by atoms with Crippen molar-refractivity contribution >= 4 is 28.5 Å². The van der Waals surface area contributed by atoms with Crippen molar-refractivity contribution in [2.45, 2.75) is 19.6 Å². The molecule has 4 rings (SSSR count). The number of hydrogen-bond donors (Lipinski definition) is 1. The van der Waals surface area contributed by atoms with Crippen LogP contribution < -0.4 is 16.6 Å². The van der Waals surface area contributed by atoms with Crippen molar-refractivity contribution in [2.24, 2.45) is 0 Å². The lowest BCUT2D eigenvalue weighted by molar-refractivity contribution is -0.121. The van der Waals surface area contributed by atoms with Gasteiger partial charge in [-0.1, -0.05) is 23.7 Å². The van der Waals surface area contributed by atoms with E-state index in [0.717, 1.165) is 10.1 Å². The van der Waals surface area contributed by atoms with E-state index in [1.807, 2.05) is 0 Å². The average molecular weight is 425 g/mol. The Bertz CT molecular complexity index is 1310. The van der Waals surface area contributed by atoms with E-state index < -0.39 is 17.2 Å². The van der Waals surface area contributed by atoms with Gasteiger partial charge in [0.1, 0.15) is 12.3 Å². The van der Waals surface area contributed by atoms with Gasteiger partial charge in [-0.2, -0.15) is 0 Å². The summed E-state index contributed by atoms with van der Waals surface area (Å²) in [6, 6.07) is 13.5. The maximum atomic E-state index is 13.1. The van der Waals surface area contributed by atoms with Gasteiger partial charge in [0.05, 0.1) is 24.9 Å². The van der Waals surface area contributed by atoms with Crippen molar-refractivity contribution in [3.63, 3.8) is 0 Å². The highest BCUT2D eigenvalue weighted by Gasteiger charge is 2.16. The second-order valence-corrected chi connectivity index (χ2v) is 7.05. The minimum absolute atomic E-state index is 0.0371. The quantitative estimate of drug-likeness (QED) is 0.511. The maximum absolute atomic E-state index is 13.1. The number of nitrogens with zero attached hydrogens (tertiary/aromatic N) is 3. The van der Waals surface area contributed by atoms with E-state index in [2.05, 4.69) is 10.3 Å². The van der Waals surface area contributed by atoms with Crippen molar-refractivity contribution in [1.29, 1.82) is 0 Å². The first kappa shape index (κ1) is 19.7. The number of amides is 1. The molecule has 8 nitrogen and oxygen atoms in total. The van der Waals surface area contributed by atoms with Crippen LogP contribution in [0.5, 0.6) is 0 Å². The SMILES string of the molecule is O=C(Cn1c(=O)n(Cc2ccc(Cl)cc2)c(=O)c2ncccc21)NCc1ccco1. The van der Waals surface area contributed by atoms with Crippen LogP contribution in [0, 0.1) is 0 Å². The highest BCUT2D eigenvalue weighted by atomic mass is 35.5. The molecule has 0 saturated heterocycles. The molecule has 0 radical (unpaired) electrons. The number of benzene rings is 1. The van der Waals surface area contributed by atoms with E-state index in [4.69, 9.17) is 16.0 Å². The van der Waals surface area contributed by atoms with Gasteiger partial charge in [0.15, 0.2) is 5.52 Å². The number of fused-ring (bicyclic) bond motifs is 1. The summed E-state index contributed by atoms with van der Waals surface area (Å²) in [6.45, 7) is -0.0286. The van der Waals surface area contributed by atoms with E-state index in [-0.39, 0.29) is 25.2 Å². The van der Waals surface area contributed by atoms with Gasteiger partial charge < -0.3 is 9.73 Å². The van der Waals surface area contributed by atoms with Gasteiger partial charge in [0.2, 0.25) is 5.91 Å². The second kappa shape index (κ2) is 8.38. The van der Waals surface area contributed by atoms with Gasteiger partial charge in [0, 0.05) is 11.2 Å². The molecule has 0 saturated carbocycles. The standard InChI is InChI=1S/C21H17ClN4O4/c22-15-7-5-14(6-8-15)12-26-20(28)19-17(4-1-9-23-19)25(21(26)29)13-18(27)24-11-16-3-2-10-30-16/h1-10H,11-13H2,(H,24,27). The van der Waals surface area contributed by atoms with Gasteiger partial charge in [-0.3, -0.25) is 18.7 Å². The molecule has 3 aromatic heterocycles. The van der Waals surface area contributed by atoms with E-state index >= 15 is 0 Å². The molecule has 0 fully saturated rings. The van der Waals surface area contributed by atoms with Crippen LogP contribution in [0.25, 0.3) is 11.0 Å². The molecule has 0 unspecified atom stereocenters. The molecule has 1 N–H and O–H groups in total. The van der Waals surface area contributed by atoms with Crippen molar-refractivity contribution in [3.05, 3.63) is 98.2 Å². The predicted molar refractivity (Wildman–Crippen MR) is 111 cm³/mol. The van der Waals surface area contributed by atoms with Crippen LogP contribution in [0.15, 0.2) is 75.0 Å². The van der Waals surface area contributed by atoms with Gasteiger partial charge in [-0.05, 0) is 42.0 Å². The molecular weight excluding hydrogens is 408 g/mol. The fourth-order valence-electron chi connectivity index (χ4n) is 3.11. The van der Waals surface area contributed by atoms with E-state index in [0.29, 0.717) is 16.3 Å². The minimum atomic E-state index is -0.594. The number of aromatic nitrogens is 3. The normalized spacial score (nSPS) is 11.0. The van der Waals surface area contributed by atoms with Crippen LogP contribution in [0.2, 0.25) is 5.02 Å². The zero-order valence-corrected chi connectivity index (χ0v) is 16.5. The van der Waals surface area contributed by atoms with Crippen LogP contribution >= 0.6 is 11.6 Å². The molecule has 0 aliphatic heterocycles. The van der Waals surface area contributed by atoms with Crippen molar-refractivity contribution in [1.82, 2.24) is 19.4 Å². The predicted octanol–water partition coefficient (Wildman–Crippen LogP) is 2.17. The molecule has 0 aliphatic rings. The van der Waals surface area contributed by atoms with Crippen molar-refractivity contribution in [3.8, 4) is 0 Å². The summed E-state index contributed by atoms with van der Waals surface area (Å²) in [5.41, 5.74) is 0.0296. The lowest BCUT2D eigenvalue weighted by Crippen LogP contribution is -2.43. The van der Waals surface area contributed by atoms with Crippen LogP contribution in [0.4, 0.5) is 0 Å². The summed E-state index contributed by atoms with van der Waals surface area (Å²) in [4.78, 5) is 42.6. The Morgan fingerprint density at radius 3 is 2.60 bits per heavy atom. The summed E-state index contributed by atoms with van der Waals surface area (Å²) < 4.78 is 7.50. The first-order valence-electron chi connectivity index (χ1n) is 9.15. The molecule has 9 heteroatoms. The summed E-state index contributed by atoms with van der Waals surface area (Å²) >= 11 is 5.91. The Morgan fingerprint density at radius 2 is 1.87 bits per heavy atom. The number of halogens is 1. The van der Waals surface area contributed by atoms with E-state index in [9.17, 15) is 14.4 Å². The highest BCUT2D eigenvalue weighted by Crippen LogP contribution is 2.11. The number of rotatable bonds is 6. The molecule has 3 heterocycles. The summed E-state index contributed by atoms with van der Waals surface area (Å²) in [5, 5.41) is 3.25. The number of hydrogen-bond acceptors (Lipinski definition) is 5. The molecule has 0 bridgehead atoms. The number of carbonyl (C=O) groups is 1. The van der Waals surface area contributed by atoms with Crippen LogP contribution in [-0.4, -0.2) is 20.0 Å². The summed E-state index contributed by atoms with van der Waals surface area (Å²) in [7, 11) is 0. The third-order valence-corrected chi connectivity index (χ3v) is 4.83. The topological polar surface area (TPSA) is 99.1 Å².